The van der Waals surface area contributed by atoms with Gasteiger partial charge in [0.15, 0.2) is 0 Å². The lowest BCUT2D eigenvalue weighted by Crippen LogP contribution is -2.31. The topological polar surface area (TPSA) is 19.0 Å². The molecule has 1 aromatic heterocycles. The van der Waals surface area contributed by atoms with Crippen LogP contribution < -0.4 is 4.90 Å². The van der Waals surface area contributed by atoms with Gasteiger partial charge >= 0.3 is 0 Å². The molecular formula is C25H22N2. The minimum absolute atomic E-state index is 0.255. The standard InChI is InChI=1S/C25H22N2/c1-4-10-17(5-2)27-21-14-9-7-12-19(21)24-22(27)15-16(3)23-18-11-6-8-13-20(18)26-25(23)24/h4-15,19,21,26H,1-2H2,3H3/b17-10+. The van der Waals surface area contributed by atoms with Gasteiger partial charge in [0.05, 0.1) is 11.6 Å². The molecule has 3 aromatic rings. The Balaban J connectivity index is 1.88. The van der Waals surface area contributed by atoms with Gasteiger partial charge in [0, 0.05) is 39.2 Å². The summed E-state index contributed by atoms with van der Waals surface area (Å²) in [6.45, 7) is 10.1. The Bertz CT molecular complexity index is 1190. The predicted molar refractivity (Wildman–Crippen MR) is 116 cm³/mol. The van der Waals surface area contributed by atoms with E-state index < -0.39 is 0 Å². The minimum atomic E-state index is 0.255. The zero-order valence-corrected chi connectivity index (χ0v) is 15.4. The molecular weight excluding hydrogens is 328 g/mol. The Morgan fingerprint density at radius 3 is 2.78 bits per heavy atom. The highest BCUT2D eigenvalue weighted by atomic mass is 15.2. The molecule has 2 atom stereocenters. The number of aromatic amines is 1. The summed E-state index contributed by atoms with van der Waals surface area (Å²) in [6, 6.07) is 11.2. The van der Waals surface area contributed by atoms with Crippen LogP contribution in [0.3, 0.4) is 0 Å². The summed E-state index contributed by atoms with van der Waals surface area (Å²) in [5.41, 5.74) is 7.44. The van der Waals surface area contributed by atoms with Crippen LogP contribution in [-0.4, -0.2) is 11.0 Å². The smallest absolute Gasteiger partial charge is 0.0630 e. The fourth-order valence-electron chi connectivity index (χ4n) is 4.72. The highest BCUT2D eigenvalue weighted by Gasteiger charge is 2.39. The van der Waals surface area contributed by atoms with Crippen LogP contribution in [-0.2, 0) is 0 Å². The maximum Gasteiger partial charge on any atom is 0.0630 e. The largest absolute Gasteiger partial charge is 0.354 e. The summed E-state index contributed by atoms with van der Waals surface area (Å²) in [6.07, 6.45) is 14.7. The molecule has 0 spiro atoms. The molecule has 0 saturated heterocycles. The normalized spacial score (nSPS) is 20.9. The molecule has 0 radical (unpaired) electrons. The molecule has 2 nitrogen and oxygen atoms in total. The number of nitrogens with zero attached hydrogens (tertiary/aromatic N) is 1. The van der Waals surface area contributed by atoms with Crippen LogP contribution >= 0.6 is 0 Å². The second-order valence-corrected chi connectivity index (χ2v) is 7.23. The molecule has 1 aliphatic carbocycles. The third-order valence-corrected chi connectivity index (χ3v) is 5.77. The number of allylic oxidation sites excluding steroid dienone is 5. The van der Waals surface area contributed by atoms with Crippen LogP contribution in [0.2, 0.25) is 0 Å². The molecule has 27 heavy (non-hydrogen) atoms. The lowest BCUT2D eigenvalue weighted by molar-refractivity contribution is 0.731. The molecule has 0 saturated carbocycles. The van der Waals surface area contributed by atoms with Crippen molar-refractivity contribution in [1.29, 1.82) is 0 Å². The number of rotatable bonds is 3. The second kappa shape index (κ2) is 5.88. The molecule has 132 valence electrons. The average molecular weight is 350 g/mol. The van der Waals surface area contributed by atoms with E-state index in [9.17, 15) is 0 Å². The molecule has 1 N–H and O–H groups in total. The predicted octanol–water partition coefficient (Wildman–Crippen LogP) is 6.28. The number of fused-ring (bicyclic) bond motifs is 7. The number of hydrogen-bond acceptors (Lipinski definition) is 1. The van der Waals surface area contributed by atoms with E-state index >= 15 is 0 Å². The Morgan fingerprint density at radius 2 is 1.96 bits per heavy atom. The molecule has 0 fully saturated rings. The molecule has 0 amide bonds. The average Bonchev–Trinajstić information content (AvgIpc) is 3.22. The molecule has 0 bridgehead atoms. The van der Waals surface area contributed by atoms with Crippen LogP contribution in [0.4, 0.5) is 5.69 Å². The fourth-order valence-corrected chi connectivity index (χ4v) is 4.72. The van der Waals surface area contributed by atoms with Crippen molar-refractivity contribution in [3.05, 3.63) is 103 Å². The van der Waals surface area contributed by atoms with E-state index in [1.807, 2.05) is 18.2 Å². The second-order valence-electron chi connectivity index (χ2n) is 7.23. The number of aromatic nitrogens is 1. The zero-order valence-electron chi connectivity index (χ0n) is 15.4. The Kier molecular flexibility index (Phi) is 3.48. The van der Waals surface area contributed by atoms with Crippen molar-refractivity contribution in [3.8, 4) is 0 Å². The van der Waals surface area contributed by atoms with Crippen molar-refractivity contribution in [2.75, 3.05) is 4.90 Å². The SMILES string of the molecule is C=C/C=C(\C=C)N1c2cc(C)c3c([nH]c4ccccc43)c2C2C=CC=CC21. The quantitative estimate of drug-likeness (QED) is 0.550. The van der Waals surface area contributed by atoms with Gasteiger partial charge in [-0.25, -0.2) is 0 Å². The van der Waals surface area contributed by atoms with Crippen molar-refractivity contribution < 1.29 is 0 Å². The van der Waals surface area contributed by atoms with Crippen molar-refractivity contribution in [1.82, 2.24) is 4.98 Å². The van der Waals surface area contributed by atoms with Crippen molar-refractivity contribution in [2.24, 2.45) is 0 Å². The van der Waals surface area contributed by atoms with E-state index in [4.69, 9.17) is 0 Å². The van der Waals surface area contributed by atoms with Gasteiger partial charge in [-0.05, 0) is 36.8 Å². The molecule has 1 aliphatic heterocycles. The van der Waals surface area contributed by atoms with Crippen molar-refractivity contribution in [2.45, 2.75) is 18.9 Å². The number of nitrogens with one attached hydrogen (secondary N) is 1. The van der Waals surface area contributed by atoms with E-state index in [1.54, 1.807) is 0 Å². The molecule has 2 aromatic carbocycles. The summed E-state index contributed by atoms with van der Waals surface area (Å²) in [5.74, 6) is 0.314. The van der Waals surface area contributed by atoms with Gasteiger partial charge in [-0.1, -0.05) is 61.7 Å². The first-order chi connectivity index (χ1) is 13.2. The van der Waals surface area contributed by atoms with Crippen LogP contribution in [0.5, 0.6) is 0 Å². The van der Waals surface area contributed by atoms with E-state index in [0.29, 0.717) is 5.92 Å². The molecule has 5 rings (SSSR count). The van der Waals surface area contributed by atoms with Crippen molar-refractivity contribution >= 4 is 27.5 Å². The summed E-state index contributed by atoms with van der Waals surface area (Å²) < 4.78 is 0. The third kappa shape index (κ3) is 2.13. The lowest BCUT2D eigenvalue weighted by atomic mass is 9.89. The maximum atomic E-state index is 4.05. The number of aryl methyl sites for hydroxylation is 1. The number of H-pyrrole nitrogens is 1. The van der Waals surface area contributed by atoms with Gasteiger partial charge in [0.2, 0.25) is 0 Å². The van der Waals surface area contributed by atoms with Crippen LogP contribution in [0.15, 0.2) is 91.7 Å². The van der Waals surface area contributed by atoms with E-state index in [2.05, 4.69) is 84.6 Å². The Hall–Kier alpha value is -3.26. The van der Waals surface area contributed by atoms with Gasteiger partial charge in [-0.15, -0.1) is 0 Å². The van der Waals surface area contributed by atoms with Crippen molar-refractivity contribution in [3.63, 3.8) is 0 Å². The molecule has 2 unspecified atom stereocenters. The van der Waals surface area contributed by atoms with E-state index in [1.165, 1.54) is 38.6 Å². The monoisotopic (exact) mass is 350 g/mol. The first-order valence-electron chi connectivity index (χ1n) is 9.38. The lowest BCUT2D eigenvalue weighted by Gasteiger charge is -2.29. The Labute approximate surface area is 159 Å². The van der Waals surface area contributed by atoms with Crippen LogP contribution in [0.25, 0.3) is 21.8 Å². The number of para-hydroxylation sites is 1. The highest BCUT2D eigenvalue weighted by molar-refractivity contribution is 6.12. The minimum Gasteiger partial charge on any atom is -0.354 e. The van der Waals surface area contributed by atoms with Crippen LogP contribution in [0, 0.1) is 6.92 Å². The van der Waals surface area contributed by atoms with E-state index in [-0.39, 0.29) is 6.04 Å². The highest BCUT2D eigenvalue weighted by Crippen LogP contribution is 2.50. The molecule has 2 heteroatoms. The zero-order chi connectivity index (χ0) is 18.5. The number of anilines is 1. The first-order valence-corrected chi connectivity index (χ1v) is 9.38. The van der Waals surface area contributed by atoms with Gasteiger partial charge in [-0.2, -0.15) is 0 Å². The van der Waals surface area contributed by atoms with Gasteiger partial charge in [-0.3, -0.25) is 0 Å². The summed E-state index contributed by atoms with van der Waals surface area (Å²) >= 11 is 0. The summed E-state index contributed by atoms with van der Waals surface area (Å²) in [5, 5.41) is 2.63. The number of hydrogen-bond donors (Lipinski definition) is 1. The number of benzene rings is 2. The fraction of sp³-hybridized carbons (Fsp3) is 0.120. The maximum absolute atomic E-state index is 4.05. The molecule has 2 aliphatic rings. The van der Waals surface area contributed by atoms with Gasteiger partial charge in [0.1, 0.15) is 0 Å². The summed E-state index contributed by atoms with van der Waals surface area (Å²) in [7, 11) is 0. The van der Waals surface area contributed by atoms with E-state index in [0.717, 1.165) is 5.70 Å². The Morgan fingerprint density at radius 1 is 1.15 bits per heavy atom. The van der Waals surface area contributed by atoms with Gasteiger partial charge < -0.3 is 9.88 Å². The third-order valence-electron chi connectivity index (χ3n) is 5.77. The van der Waals surface area contributed by atoms with Crippen LogP contribution in [0.1, 0.15) is 17.0 Å². The first kappa shape index (κ1) is 16.0. The summed E-state index contributed by atoms with van der Waals surface area (Å²) in [4.78, 5) is 6.11. The molecule has 2 heterocycles. The van der Waals surface area contributed by atoms with Gasteiger partial charge in [0.25, 0.3) is 0 Å².